The minimum Gasteiger partial charge on any atom is -0.444 e. The number of hydrogen-bond acceptors (Lipinski definition) is 6. The van der Waals surface area contributed by atoms with E-state index in [1.165, 1.54) is 0 Å². The average molecular weight is 426 g/mol. The minimum absolute atomic E-state index is 0.00710. The van der Waals surface area contributed by atoms with Gasteiger partial charge in [-0.15, -0.1) is 0 Å². The van der Waals surface area contributed by atoms with Crippen LogP contribution in [-0.4, -0.2) is 43.4 Å². The molecular weight excluding hydrogens is 398 g/mol. The van der Waals surface area contributed by atoms with Gasteiger partial charge in [0.05, 0.1) is 11.5 Å². The number of benzene rings is 1. The molecule has 1 fully saturated rings. The molecule has 0 aliphatic carbocycles. The van der Waals surface area contributed by atoms with Crippen molar-refractivity contribution in [3.8, 4) is 0 Å². The summed E-state index contributed by atoms with van der Waals surface area (Å²) in [5.41, 5.74) is 5.14. The van der Waals surface area contributed by atoms with Gasteiger partial charge in [0.1, 0.15) is 5.60 Å². The highest BCUT2D eigenvalue weighted by molar-refractivity contribution is 7.91. The van der Waals surface area contributed by atoms with Gasteiger partial charge in [-0.25, -0.2) is 13.2 Å². The van der Waals surface area contributed by atoms with Crippen molar-refractivity contribution in [3.05, 3.63) is 35.4 Å². The molecule has 1 atom stereocenters. The van der Waals surface area contributed by atoms with Crippen LogP contribution in [0.1, 0.15) is 49.5 Å². The quantitative estimate of drug-likeness (QED) is 0.610. The zero-order valence-electron chi connectivity index (χ0n) is 16.8. The molecule has 0 unspecified atom stereocenters. The van der Waals surface area contributed by atoms with Crippen molar-refractivity contribution in [3.63, 3.8) is 0 Å². The molecule has 9 nitrogen and oxygen atoms in total. The summed E-state index contributed by atoms with van der Waals surface area (Å²) in [4.78, 5) is 35.6. The first-order valence-corrected chi connectivity index (χ1v) is 11.1. The molecule has 1 aliphatic heterocycles. The van der Waals surface area contributed by atoms with Gasteiger partial charge in [0, 0.05) is 18.5 Å². The number of sulfone groups is 1. The van der Waals surface area contributed by atoms with E-state index in [0.717, 1.165) is 5.56 Å². The van der Waals surface area contributed by atoms with E-state index in [4.69, 9.17) is 4.74 Å². The van der Waals surface area contributed by atoms with E-state index in [2.05, 4.69) is 16.2 Å². The second-order valence-corrected chi connectivity index (χ2v) is 10.3. The largest absolute Gasteiger partial charge is 0.444 e. The maximum atomic E-state index is 12.1. The molecule has 3 amide bonds. The summed E-state index contributed by atoms with van der Waals surface area (Å²) in [7, 11) is -3.04. The van der Waals surface area contributed by atoms with Gasteiger partial charge in [-0.1, -0.05) is 12.1 Å². The van der Waals surface area contributed by atoms with Crippen molar-refractivity contribution < 1.29 is 27.5 Å². The Labute approximate surface area is 170 Å². The van der Waals surface area contributed by atoms with E-state index in [9.17, 15) is 22.8 Å². The van der Waals surface area contributed by atoms with Crippen LogP contribution in [0.25, 0.3) is 0 Å². The summed E-state index contributed by atoms with van der Waals surface area (Å²) in [5.74, 6) is -1.03. The third-order valence-electron chi connectivity index (χ3n) is 4.17. The second kappa shape index (κ2) is 9.25. The third-order valence-corrected chi connectivity index (χ3v) is 6.01. The molecule has 0 bridgehead atoms. The molecule has 10 heteroatoms. The molecule has 1 heterocycles. The average Bonchev–Trinajstić information content (AvgIpc) is 2.95. The predicted molar refractivity (Wildman–Crippen MR) is 107 cm³/mol. The van der Waals surface area contributed by atoms with Gasteiger partial charge in [0.15, 0.2) is 9.84 Å². The fraction of sp³-hybridized carbons (Fsp3) is 0.526. The SMILES string of the molecule is CC(C)(C)OC(=O)NCc1ccc(C(=O)NNC(=O)C[C@@H]2CCS(=O)(=O)C2)cc1. The first-order chi connectivity index (χ1) is 13.4. The summed E-state index contributed by atoms with van der Waals surface area (Å²) in [6.45, 7) is 5.56. The highest BCUT2D eigenvalue weighted by Crippen LogP contribution is 2.21. The highest BCUT2D eigenvalue weighted by Gasteiger charge is 2.29. The van der Waals surface area contributed by atoms with Crippen LogP contribution in [0.15, 0.2) is 24.3 Å². The molecule has 0 radical (unpaired) electrons. The molecule has 160 valence electrons. The lowest BCUT2D eigenvalue weighted by atomic mass is 10.1. The Balaban J connectivity index is 1.75. The Morgan fingerprint density at radius 2 is 1.76 bits per heavy atom. The molecule has 1 saturated heterocycles. The minimum atomic E-state index is -3.04. The Morgan fingerprint density at radius 1 is 1.10 bits per heavy atom. The number of hydrogen-bond donors (Lipinski definition) is 3. The lowest BCUT2D eigenvalue weighted by Gasteiger charge is -2.19. The van der Waals surface area contributed by atoms with Crippen molar-refractivity contribution in [1.29, 1.82) is 0 Å². The van der Waals surface area contributed by atoms with Gasteiger partial charge in [0.2, 0.25) is 5.91 Å². The molecule has 1 aromatic carbocycles. The Morgan fingerprint density at radius 3 is 2.31 bits per heavy atom. The summed E-state index contributed by atoms with van der Waals surface area (Å²) >= 11 is 0. The highest BCUT2D eigenvalue weighted by atomic mass is 32.2. The first-order valence-electron chi connectivity index (χ1n) is 9.29. The number of carbonyl (C=O) groups is 3. The molecular formula is C19H27N3O6S. The lowest BCUT2D eigenvalue weighted by Crippen LogP contribution is -2.42. The van der Waals surface area contributed by atoms with Gasteiger partial charge in [0.25, 0.3) is 5.91 Å². The molecule has 2 rings (SSSR count). The monoisotopic (exact) mass is 425 g/mol. The van der Waals surface area contributed by atoms with E-state index in [-0.39, 0.29) is 30.4 Å². The van der Waals surface area contributed by atoms with Crippen LogP contribution in [0.5, 0.6) is 0 Å². The van der Waals surface area contributed by atoms with E-state index >= 15 is 0 Å². The summed E-state index contributed by atoms with van der Waals surface area (Å²) in [6.07, 6.45) is -0.0193. The van der Waals surface area contributed by atoms with Gasteiger partial charge < -0.3 is 10.1 Å². The topological polar surface area (TPSA) is 131 Å². The van der Waals surface area contributed by atoms with Crippen LogP contribution >= 0.6 is 0 Å². The maximum Gasteiger partial charge on any atom is 0.407 e. The fourth-order valence-corrected chi connectivity index (χ4v) is 4.67. The molecule has 3 N–H and O–H groups in total. The smallest absolute Gasteiger partial charge is 0.407 e. The zero-order chi connectivity index (χ0) is 21.7. The van der Waals surface area contributed by atoms with Crippen LogP contribution < -0.4 is 16.2 Å². The van der Waals surface area contributed by atoms with Gasteiger partial charge in [-0.05, 0) is 50.8 Å². The number of carbonyl (C=O) groups excluding carboxylic acids is 3. The number of rotatable bonds is 5. The summed E-state index contributed by atoms with van der Waals surface area (Å²) < 4.78 is 28.0. The molecule has 1 aliphatic rings. The number of hydrazine groups is 1. The van der Waals surface area contributed by atoms with Crippen LogP contribution in [0.2, 0.25) is 0 Å². The number of amides is 3. The maximum absolute atomic E-state index is 12.1. The van der Waals surface area contributed by atoms with E-state index in [0.29, 0.717) is 12.0 Å². The Bertz CT molecular complexity index is 859. The van der Waals surface area contributed by atoms with Crippen molar-refractivity contribution >= 4 is 27.7 Å². The molecule has 0 spiro atoms. The Hall–Kier alpha value is -2.62. The van der Waals surface area contributed by atoms with Gasteiger partial charge in [-0.2, -0.15) is 0 Å². The molecule has 1 aromatic rings. The van der Waals surface area contributed by atoms with Gasteiger partial charge in [-0.3, -0.25) is 20.4 Å². The third kappa shape index (κ3) is 8.10. The van der Waals surface area contributed by atoms with Crippen molar-refractivity contribution in [1.82, 2.24) is 16.2 Å². The summed E-state index contributed by atoms with van der Waals surface area (Å²) in [6, 6.07) is 6.49. The number of ether oxygens (including phenoxy) is 1. The van der Waals surface area contributed by atoms with Crippen molar-refractivity contribution in [2.45, 2.75) is 45.8 Å². The molecule has 29 heavy (non-hydrogen) atoms. The zero-order valence-corrected chi connectivity index (χ0v) is 17.6. The Kier molecular flexibility index (Phi) is 7.23. The van der Waals surface area contributed by atoms with E-state index in [1.807, 2.05) is 0 Å². The number of alkyl carbamates (subject to hydrolysis) is 1. The summed E-state index contributed by atoms with van der Waals surface area (Å²) in [5, 5.41) is 2.62. The van der Waals surface area contributed by atoms with Gasteiger partial charge >= 0.3 is 6.09 Å². The first kappa shape index (κ1) is 22.7. The second-order valence-electron chi connectivity index (χ2n) is 8.03. The standard InChI is InChI=1S/C19H27N3O6S/c1-19(2,3)28-18(25)20-11-13-4-6-15(7-5-13)17(24)22-21-16(23)10-14-8-9-29(26,27)12-14/h4-7,14H,8-12H2,1-3H3,(H,20,25)(H,21,23)(H,22,24)/t14-/m0/s1. The van der Waals surface area contributed by atoms with Crippen molar-refractivity contribution in [2.75, 3.05) is 11.5 Å². The normalized spacial score (nSPS) is 18.0. The van der Waals surface area contributed by atoms with E-state index < -0.39 is 33.3 Å². The fourth-order valence-electron chi connectivity index (χ4n) is 2.81. The van der Waals surface area contributed by atoms with Crippen LogP contribution in [0.4, 0.5) is 4.79 Å². The van der Waals surface area contributed by atoms with Crippen molar-refractivity contribution in [2.24, 2.45) is 5.92 Å². The van der Waals surface area contributed by atoms with Crippen LogP contribution in [0.3, 0.4) is 0 Å². The number of nitrogens with one attached hydrogen (secondary N) is 3. The van der Waals surface area contributed by atoms with E-state index in [1.54, 1.807) is 45.0 Å². The lowest BCUT2D eigenvalue weighted by molar-refractivity contribution is -0.122. The predicted octanol–water partition coefficient (Wildman–Crippen LogP) is 1.30. The van der Waals surface area contributed by atoms with Crippen LogP contribution in [-0.2, 0) is 25.9 Å². The van der Waals surface area contributed by atoms with Crippen LogP contribution in [0, 0.1) is 5.92 Å². The molecule has 0 saturated carbocycles. The molecule has 0 aromatic heterocycles.